The molecule has 0 saturated heterocycles. The van der Waals surface area contributed by atoms with Crippen molar-refractivity contribution in [2.24, 2.45) is 0 Å². The molecule has 68 valence electrons. The first-order valence-electron chi connectivity index (χ1n) is 3.92. The predicted octanol–water partition coefficient (Wildman–Crippen LogP) is 3.31. The topological polar surface area (TPSA) is 9.23 Å². The van der Waals surface area contributed by atoms with Crippen molar-refractivity contribution in [2.75, 3.05) is 12.0 Å². The highest BCUT2D eigenvalue weighted by Gasteiger charge is 2.31. The van der Waals surface area contributed by atoms with Gasteiger partial charge < -0.3 is 4.18 Å². The van der Waals surface area contributed by atoms with Crippen LogP contribution in [0.1, 0.15) is 27.7 Å². The van der Waals surface area contributed by atoms with Gasteiger partial charge in [-0.15, -0.1) is 0 Å². The molecule has 1 atom stereocenters. The van der Waals surface area contributed by atoms with Gasteiger partial charge in [0.2, 0.25) is 0 Å². The molecule has 0 aromatic heterocycles. The highest BCUT2D eigenvalue weighted by Crippen LogP contribution is 2.56. The molecule has 2 heteroatoms. The normalized spacial score (nSPS) is 20.1. The van der Waals surface area contributed by atoms with Gasteiger partial charge in [0.1, 0.15) is 0 Å². The van der Waals surface area contributed by atoms with Crippen LogP contribution in [0.2, 0.25) is 0 Å². The third-order valence-electron chi connectivity index (χ3n) is 2.13. The van der Waals surface area contributed by atoms with Gasteiger partial charge in [-0.2, -0.15) is 0 Å². The van der Waals surface area contributed by atoms with E-state index in [1.807, 2.05) is 0 Å². The fourth-order valence-electron chi connectivity index (χ4n) is 0.796. The Morgan fingerprint density at radius 1 is 1.45 bits per heavy atom. The molecule has 0 saturated carbocycles. The molecule has 0 N–H and O–H groups in total. The Balaban J connectivity index is 4.45. The van der Waals surface area contributed by atoms with Crippen molar-refractivity contribution in [3.8, 4) is 0 Å². The molecule has 0 aromatic rings. The Morgan fingerprint density at radius 2 is 1.91 bits per heavy atom. The highest BCUT2D eigenvalue weighted by molar-refractivity contribution is 8.30. The van der Waals surface area contributed by atoms with Crippen molar-refractivity contribution in [1.29, 1.82) is 0 Å². The molecular formula is C9H20OS. The summed E-state index contributed by atoms with van der Waals surface area (Å²) in [5.41, 5.74) is 0. The summed E-state index contributed by atoms with van der Waals surface area (Å²) < 4.78 is 5.84. The third kappa shape index (κ3) is 2.44. The molecule has 1 nitrogen and oxygen atoms in total. The van der Waals surface area contributed by atoms with Crippen molar-refractivity contribution in [1.82, 2.24) is 0 Å². The van der Waals surface area contributed by atoms with E-state index in [-0.39, 0.29) is 4.75 Å². The maximum atomic E-state index is 5.59. The van der Waals surface area contributed by atoms with E-state index >= 15 is 0 Å². The Bertz CT molecular complexity index is 137. The van der Waals surface area contributed by atoms with Gasteiger partial charge in [-0.3, -0.25) is 0 Å². The van der Waals surface area contributed by atoms with Crippen LogP contribution in [0.5, 0.6) is 0 Å². The largest absolute Gasteiger partial charge is 0.457 e. The quantitative estimate of drug-likeness (QED) is 0.599. The lowest BCUT2D eigenvalue weighted by atomic mass is 10.3. The lowest BCUT2D eigenvalue weighted by molar-refractivity contribution is 0.516. The molecule has 0 aliphatic carbocycles. The van der Waals surface area contributed by atoms with Crippen LogP contribution in [0.4, 0.5) is 0 Å². The van der Waals surface area contributed by atoms with Crippen LogP contribution in [0.3, 0.4) is 0 Å². The average Bonchev–Trinajstić information content (AvgIpc) is 1.86. The first-order chi connectivity index (χ1) is 4.87. The lowest BCUT2D eigenvalue weighted by Crippen LogP contribution is -2.26. The van der Waals surface area contributed by atoms with Gasteiger partial charge in [-0.05, 0) is 27.0 Å². The fraction of sp³-hybridized carbons (Fsp3) is 0.778. The van der Waals surface area contributed by atoms with Crippen LogP contribution >= 0.6 is 10.3 Å². The molecule has 0 amide bonds. The summed E-state index contributed by atoms with van der Waals surface area (Å²) in [4.78, 5) is 0. The summed E-state index contributed by atoms with van der Waals surface area (Å²) in [5, 5.41) is 0. The Hall–Kier alpha value is -0.110. The zero-order valence-electron chi connectivity index (χ0n) is 8.31. The number of hydrogen-bond acceptors (Lipinski definition) is 1. The zero-order valence-corrected chi connectivity index (χ0v) is 9.12. The van der Waals surface area contributed by atoms with Crippen LogP contribution in [0, 0.1) is 0 Å². The first kappa shape index (κ1) is 10.9. The summed E-state index contributed by atoms with van der Waals surface area (Å²) in [5.74, 6) is 1.09. The number of hydrogen-bond donors (Lipinski definition) is 0. The van der Waals surface area contributed by atoms with Gasteiger partial charge in [-0.25, -0.2) is 0 Å². The monoisotopic (exact) mass is 176 g/mol. The Kier molecular flexibility index (Phi) is 3.49. The van der Waals surface area contributed by atoms with E-state index in [1.54, 1.807) is 6.26 Å². The van der Waals surface area contributed by atoms with E-state index < -0.39 is 10.3 Å². The van der Waals surface area contributed by atoms with Crippen LogP contribution in [0.15, 0.2) is 12.8 Å². The Morgan fingerprint density at radius 3 is 2.00 bits per heavy atom. The van der Waals surface area contributed by atoms with E-state index in [1.165, 1.54) is 0 Å². The van der Waals surface area contributed by atoms with Gasteiger partial charge in [0.05, 0.1) is 6.26 Å². The van der Waals surface area contributed by atoms with Gasteiger partial charge in [0.15, 0.2) is 0 Å². The molecule has 0 aliphatic rings. The van der Waals surface area contributed by atoms with Crippen molar-refractivity contribution in [3.63, 3.8) is 0 Å². The smallest absolute Gasteiger partial charge is 0.0913 e. The fourth-order valence-corrected chi connectivity index (χ4v) is 2.39. The standard InChI is InChI=1S/C9H20OS/c1-7-10-11(6,8-2)9(3,4)5/h7H,1,8H2,2-6H3. The van der Waals surface area contributed by atoms with E-state index in [0.717, 1.165) is 5.75 Å². The molecule has 0 heterocycles. The average molecular weight is 176 g/mol. The molecule has 0 spiro atoms. The summed E-state index contributed by atoms with van der Waals surface area (Å²) in [7, 11) is -0.961. The predicted molar refractivity (Wildman–Crippen MR) is 55.1 cm³/mol. The minimum absolute atomic E-state index is 0.246. The van der Waals surface area contributed by atoms with Crippen LogP contribution in [0.25, 0.3) is 0 Å². The van der Waals surface area contributed by atoms with Crippen LogP contribution < -0.4 is 0 Å². The van der Waals surface area contributed by atoms with Gasteiger partial charge in [-0.1, -0.05) is 23.8 Å². The van der Waals surface area contributed by atoms with Crippen molar-refractivity contribution in [3.05, 3.63) is 12.8 Å². The van der Waals surface area contributed by atoms with Crippen molar-refractivity contribution < 1.29 is 4.18 Å². The molecule has 0 aromatic carbocycles. The summed E-state index contributed by atoms with van der Waals surface area (Å²) in [6, 6.07) is 0. The molecule has 0 radical (unpaired) electrons. The first-order valence-corrected chi connectivity index (χ1v) is 6.05. The van der Waals surface area contributed by atoms with E-state index in [2.05, 4.69) is 40.5 Å². The second-order valence-corrected chi connectivity index (χ2v) is 7.67. The minimum atomic E-state index is -0.961. The van der Waals surface area contributed by atoms with Crippen LogP contribution in [-0.2, 0) is 4.18 Å². The SMILES string of the molecule is C=COS(C)(CC)C(C)(C)C. The van der Waals surface area contributed by atoms with Crippen molar-refractivity contribution in [2.45, 2.75) is 32.4 Å². The summed E-state index contributed by atoms with van der Waals surface area (Å²) >= 11 is 0. The summed E-state index contributed by atoms with van der Waals surface area (Å²) in [6.07, 6.45) is 3.78. The molecular weight excluding hydrogens is 156 g/mol. The second kappa shape index (κ2) is 3.53. The number of rotatable bonds is 3. The molecule has 0 aliphatic heterocycles. The van der Waals surface area contributed by atoms with E-state index in [4.69, 9.17) is 4.18 Å². The lowest BCUT2D eigenvalue weighted by Gasteiger charge is -2.45. The maximum Gasteiger partial charge on any atom is 0.0913 e. The third-order valence-corrected chi connectivity index (χ3v) is 6.38. The molecule has 0 bridgehead atoms. The van der Waals surface area contributed by atoms with Gasteiger partial charge >= 0.3 is 0 Å². The molecule has 0 fully saturated rings. The Labute approximate surface area is 72.4 Å². The summed E-state index contributed by atoms with van der Waals surface area (Å²) in [6.45, 7) is 12.4. The van der Waals surface area contributed by atoms with E-state index in [0.29, 0.717) is 0 Å². The molecule has 0 rings (SSSR count). The van der Waals surface area contributed by atoms with Crippen molar-refractivity contribution >= 4 is 10.3 Å². The zero-order chi connectivity index (χ0) is 9.12. The van der Waals surface area contributed by atoms with Gasteiger partial charge in [0.25, 0.3) is 0 Å². The van der Waals surface area contributed by atoms with E-state index in [9.17, 15) is 0 Å². The second-order valence-electron chi connectivity index (χ2n) is 3.67. The maximum absolute atomic E-state index is 5.59. The van der Waals surface area contributed by atoms with Crippen LogP contribution in [-0.4, -0.2) is 16.8 Å². The van der Waals surface area contributed by atoms with Gasteiger partial charge in [0, 0.05) is 10.5 Å². The highest BCUT2D eigenvalue weighted by atomic mass is 32.3. The molecule has 11 heavy (non-hydrogen) atoms. The molecule has 1 unspecified atom stereocenters. The minimum Gasteiger partial charge on any atom is -0.457 e.